The summed E-state index contributed by atoms with van der Waals surface area (Å²) in [7, 11) is 0. The quantitative estimate of drug-likeness (QED) is 0.665. The minimum Gasteiger partial charge on any atom is -0.456 e. The van der Waals surface area contributed by atoms with Gasteiger partial charge in [-0.2, -0.15) is 0 Å². The molecule has 2 bridgehead atoms. The van der Waals surface area contributed by atoms with Gasteiger partial charge in [-0.1, -0.05) is 18.6 Å². The lowest BCUT2D eigenvalue weighted by Gasteiger charge is -2.28. The molecule has 1 heterocycles. The van der Waals surface area contributed by atoms with Gasteiger partial charge in [0.15, 0.2) is 11.4 Å². The second-order valence-electron chi connectivity index (χ2n) is 6.29. The van der Waals surface area contributed by atoms with Crippen LogP contribution >= 0.6 is 0 Å². The zero-order valence-electron chi connectivity index (χ0n) is 11.3. The molecule has 20 heavy (non-hydrogen) atoms. The van der Waals surface area contributed by atoms with E-state index in [-0.39, 0.29) is 11.9 Å². The summed E-state index contributed by atoms with van der Waals surface area (Å²) in [6.07, 6.45) is 5.17. The number of benzene rings is 1. The van der Waals surface area contributed by atoms with Gasteiger partial charge in [0.1, 0.15) is 5.76 Å². The fourth-order valence-electron chi connectivity index (χ4n) is 4.32. The number of furan rings is 1. The average molecular weight is 274 g/mol. The molecule has 2 aliphatic carbocycles. The molecule has 2 aromatic rings. The van der Waals surface area contributed by atoms with Gasteiger partial charge in [-0.15, -0.1) is 0 Å². The Kier molecular flexibility index (Phi) is 2.82. The SMILES string of the molecule is NNC(c1cc2cccc(F)c2o1)C1CC2CCC1C2. The van der Waals surface area contributed by atoms with E-state index in [1.54, 1.807) is 6.07 Å². The first-order chi connectivity index (χ1) is 9.76. The fraction of sp³-hybridized carbons (Fsp3) is 0.500. The van der Waals surface area contributed by atoms with Gasteiger partial charge in [-0.05, 0) is 49.1 Å². The van der Waals surface area contributed by atoms with Crippen LogP contribution in [0.4, 0.5) is 4.39 Å². The first-order valence-corrected chi connectivity index (χ1v) is 7.40. The molecule has 106 valence electrons. The third kappa shape index (κ3) is 1.79. The van der Waals surface area contributed by atoms with Crippen LogP contribution in [-0.4, -0.2) is 0 Å². The molecule has 4 unspecified atom stereocenters. The molecule has 0 spiro atoms. The molecule has 2 aliphatic rings. The van der Waals surface area contributed by atoms with Crippen LogP contribution in [0.25, 0.3) is 11.0 Å². The van der Waals surface area contributed by atoms with E-state index in [1.807, 2.05) is 12.1 Å². The molecule has 2 fully saturated rings. The van der Waals surface area contributed by atoms with Gasteiger partial charge < -0.3 is 4.42 Å². The van der Waals surface area contributed by atoms with Gasteiger partial charge in [0.25, 0.3) is 0 Å². The molecule has 0 radical (unpaired) electrons. The first kappa shape index (κ1) is 12.4. The maximum Gasteiger partial charge on any atom is 0.169 e. The average Bonchev–Trinajstić information content (AvgIpc) is 3.14. The zero-order chi connectivity index (χ0) is 13.7. The Labute approximate surface area is 117 Å². The fourth-order valence-corrected chi connectivity index (χ4v) is 4.32. The van der Waals surface area contributed by atoms with Crippen LogP contribution in [0.1, 0.15) is 37.5 Å². The molecule has 1 aromatic heterocycles. The minimum atomic E-state index is -0.308. The van der Waals surface area contributed by atoms with Crippen molar-refractivity contribution in [1.82, 2.24) is 5.43 Å². The molecule has 4 atom stereocenters. The minimum absolute atomic E-state index is 0.00269. The van der Waals surface area contributed by atoms with Crippen LogP contribution in [0.2, 0.25) is 0 Å². The lowest BCUT2D eigenvalue weighted by Crippen LogP contribution is -2.35. The molecule has 4 rings (SSSR count). The van der Waals surface area contributed by atoms with Gasteiger partial charge in [0.2, 0.25) is 0 Å². The monoisotopic (exact) mass is 274 g/mol. The van der Waals surface area contributed by atoms with Crippen molar-refractivity contribution in [3.63, 3.8) is 0 Å². The Morgan fingerprint density at radius 2 is 2.20 bits per heavy atom. The largest absolute Gasteiger partial charge is 0.456 e. The summed E-state index contributed by atoms with van der Waals surface area (Å²) < 4.78 is 19.5. The van der Waals surface area contributed by atoms with Crippen molar-refractivity contribution >= 4 is 11.0 Å². The summed E-state index contributed by atoms with van der Waals surface area (Å²) in [6, 6.07) is 6.93. The maximum atomic E-state index is 13.7. The van der Waals surface area contributed by atoms with Gasteiger partial charge >= 0.3 is 0 Å². The summed E-state index contributed by atoms with van der Waals surface area (Å²) in [5, 5.41) is 0.809. The highest BCUT2D eigenvalue weighted by atomic mass is 19.1. The van der Waals surface area contributed by atoms with Crippen molar-refractivity contribution in [1.29, 1.82) is 0 Å². The van der Waals surface area contributed by atoms with Crippen molar-refractivity contribution < 1.29 is 8.81 Å². The van der Waals surface area contributed by atoms with Crippen molar-refractivity contribution in [2.75, 3.05) is 0 Å². The number of hydrogen-bond donors (Lipinski definition) is 2. The van der Waals surface area contributed by atoms with Gasteiger partial charge in [0, 0.05) is 5.39 Å². The Bertz CT molecular complexity index is 638. The zero-order valence-corrected chi connectivity index (χ0v) is 11.3. The third-order valence-electron chi connectivity index (χ3n) is 5.22. The van der Waals surface area contributed by atoms with Crippen LogP contribution in [0, 0.1) is 23.6 Å². The third-order valence-corrected chi connectivity index (χ3v) is 5.22. The van der Waals surface area contributed by atoms with Crippen LogP contribution < -0.4 is 11.3 Å². The number of nitrogens with one attached hydrogen (secondary N) is 1. The lowest BCUT2D eigenvalue weighted by atomic mass is 9.82. The van der Waals surface area contributed by atoms with Crippen molar-refractivity contribution in [2.24, 2.45) is 23.6 Å². The van der Waals surface area contributed by atoms with Crippen molar-refractivity contribution in [2.45, 2.75) is 31.7 Å². The Morgan fingerprint density at radius 3 is 2.85 bits per heavy atom. The van der Waals surface area contributed by atoms with E-state index < -0.39 is 0 Å². The Balaban J connectivity index is 1.71. The van der Waals surface area contributed by atoms with Crippen LogP contribution in [0.15, 0.2) is 28.7 Å². The molecule has 0 amide bonds. The smallest absolute Gasteiger partial charge is 0.169 e. The standard InChI is InChI=1S/C16H19FN2O/c17-13-3-1-2-11-8-14(20-16(11)13)15(19-18)12-7-9-4-5-10(12)6-9/h1-3,8-10,12,15,19H,4-7,18H2. The Hall–Kier alpha value is -1.39. The highest BCUT2D eigenvalue weighted by Crippen LogP contribution is 2.52. The number of nitrogens with two attached hydrogens (primary N) is 1. The van der Waals surface area contributed by atoms with Gasteiger partial charge in [0.05, 0.1) is 6.04 Å². The van der Waals surface area contributed by atoms with Gasteiger partial charge in [-0.25, -0.2) is 9.82 Å². The van der Waals surface area contributed by atoms with Gasteiger partial charge in [-0.3, -0.25) is 5.84 Å². The second-order valence-corrected chi connectivity index (χ2v) is 6.29. The Morgan fingerprint density at radius 1 is 1.30 bits per heavy atom. The molecular weight excluding hydrogens is 255 g/mol. The molecule has 1 aromatic carbocycles. The number of hydrogen-bond acceptors (Lipinski definition) is 3. The predicted molar refractivity (Wildman–Crippen MR) is 75.2 cm³/mol. The molecular formula is C16H19FN2O. The summed E-state index contributed by atoms with van der Waals surface area (Å²) in [4.78, 5) is 0. The normalized spacial score (nSPS) is 30.2. The molecule has 2 saturated carbocycles. The lowest BCUT2D eigenvalue weighted by molar-refractivity contribution is 0.229. The molecule has 0 aliphatic heterocycles. The summed E-state index contributed by atoms with van der Waals surface area (Å²) in [5.41, 5.74) is 3.25. The summed E-state index contributed by atoms with van der Waals surface area (Å²) in [6.45, 7) is 0. The van der Waals surface area contributed by atoms with E-state index >= 15 is 0 Å². The number of hydrazine groups is 1. The number of halogens is 1. The van der Waals surface area contributed by atoms with Crippen molar-refractivity contribution in [3.8, 4) is 0 Å². The van der Waals surface area contributed by atoms with E-state index in [1.165, 1.54) is 31.7 Å². The molecule has 3 nitrogen and oxygen atoms in total. The van der Waals surface area contributed by atoms with Crippen molar-refractivity contribution in [3.05, 3.63) is 35.8 Å². The topological polar surface area (TPSA) is 51.2 Å². The second kappa shape index (κ2) is 4.57. The van der Waals surface area contributed by atoms with E-state index in [0.29, 0.717) is 11.5 Å². The first-order valence-electron chi connectivity index (χ1n) is 7.40. The number of fused-ring (bicyclic) bond motifs is 3. The number of para-hydroxylation sites is 1. The molecule has 0 saturated heterocycles. The maximum absolute atomic E-state index is 13.7. The van der Waals surface area contributed by atoms with E-state index in [0.717, 1.165) is 23.0 Å². The van der Waals surface area contributed by atoms with E-state index in [9.17, 15) is 4.39 Å². The van der Waals surface area contributed by atoms with E-state index in [2.05, 4.69) is 5.43 Å². The summed E-state index contributed by atoms with van der Waals surface area (Å²) in [5.74, 6) is 8.33. The number of rotatable bonds is 3. The summed E-state index contributed by atoms with van der Waals surface area (Å²) >= 11 is 0. The van der Waals surface area contributed by atoms with Crippen LogP contribution in [-0.2, 0) is 0 Å². The van der Waals surface area contributed by atoms with Crippen LogP contribution in [0.5, 0.6) is 0 Å². The van der Waals surface area contributed by atoms with Crippen LogP contribution in [0.3, 0.4) is 0 Å². The molecule has 4 heteroatoms. The highest BCUT2D eigenvalue weighted by Gasteiger charge is 2.44. The predicted octanol–water partition coefficient (Wildman–Crippen LogP) is 3.51. The highest BCUT2D eigenvalue weighted by molar-refractivity contribution is 5.78. The molecule has 3 N–H and O–H groups in total. The van der Waals surface area contributed by atoms with E-state index in [4.69, 9.17) is 10.3 Å².